The predicted octanol–water partition coefficient (Wildman–Crippen LogP) is -0.134. The minimum absolute atomic E-state index is 0.128. The largest absolute Gasteiger partial charge is 0.480 e. The minimum Gasteiger partial charge on any atom is -0.480 e. The SMILES string of the molecule is CCc1nn(C)c(N(CC(=O)O)CC(=O)O)c1[N+](=O)[O-]. The summed E-state index contributed by atoms with van der Waals surface area (Å²) in [6.07, 6.45) is 0.276. The molecule has 1 aromatic heterocycles. The summed E-state index contributed by atoms with van der Waals surface area (Å²) in [4.78, 5) is 32.9. The van der Waals surface area contributed by atoms with Crippen molar-refractivity contribution in [2.24, 2.45) is 7.05 Å². The van der Waals surface area contributed by atoms with Gasteiger partial charge in [-0.1, -0.05) is 6.92 Å². The van der Waals surface area contributed by atoms with Crippen molar-refractivity contribution in [3.05, 3.63) is 15.8 Å². The maximum atomic E-state index is 11.1. The monoisotopic (exact) mass is 286 g/mol. The Morgan fingerprint density at radius 3 is 2.20 bits per heavy atom. The minimum atomic E-state index is -1.29. The average molecular weight is 286 g/mol. The molecule has 0 saturated heterocycles. The number of hydrogen-bond donors (Lipinski definition) is 2. The standard InChI is InChI=1S/C10H14N4O6/c1-3-6-9(14(19)20)10(12(2)11-6)13(4-7(15)16)5-8(17)18/h3-5H2,1-2H3,(H,15,16)(H,17,18). The molecule has 1 rings (SSSR count). The topological polar surface area (TPSA) is 139 Å². The third-order valence-corrected chi connectivity index (χ3v) is 2.53. The third-order valence-electron chi connectivity index (χ3n) is 2.53. The third kappa shape index (κ3) is 3.22. The number of nitrogens with zero attached hydrogens (tertiary/aromatic N) is 4. The molecule has 0 spiro atoms. The van der Waals surface area contributed by atoms with E-state index < -0.39 is 30.0 Å². The van der Waals surface area contributed by atoms with Crippen LogP contribution in [0.25, 0.3) is 0 Å². The Morgan fingerprint density at radius 1 is 1.35 bits per heavy atom. The van der Waals surface area contributed by atoms with Gasteiger partial charge in [-0.2, -0.15) is 5.10 Å². The van der Waals surface area contributed by atoms with E-state index in [1.807, 2.05) is 0 Å². The lowest BCUT2D eigenvalue weighted by Crippen LogP contribution is -2.36. The van der Waals surface area contributed by atoms with Crippen LogP contribution in [-0.4, -0.2) is 49.9 Å². The molecule has 0 amide bonds. The molecule has 1 aromatic rings. The van der Waals surface area contributed by atoms with E-state index in [0.717, 1.165) is 9.58 Å². The summed E-state index contributed by atoms with van der Waals surface area (Å²) in [7, 11) is 1.40. The molecule has 0 unspecified atom stereocenters. The van der Waals surface area contributed by atoms with Crippen molar-refractivity contribution in [3.8, 4) is 0 Å². The van der Waals surface area contributed by atoms with Crippen LogP contribution in [0.1, 0.15) is 12.6 Å². The van der Waals surface area contributed by atoms with Crippen molar-refractivity contribution in [1.82, 2.24) is 9.78 Å². The van der Waals surface area contributed by atoms with E-state index in [4.69, 9.17) is 10.2 Å². The molecule has 0 saturated carbocycles. The fraction of sp³-hybridized carbons (Fsp3) is 0.500. The normalized spacial score (nSPS) is 10.3. The number of nitro groups is 1. The molecule has 0 aliphatic carbocycles. The highest BCUT2D eigenvalue weighted by Gasteiger charge is 2.31. The van der Waals surface area contributed by atoms with E-state index in [-0.39, 0.29) is 23.6 Å². The first kappa shape index (κ1) is 15.4. The number of aryl methyl sites for hydroxylation is 2. The number of carboxylic acid groups (broad SMARTS) is 2. The van der Waals surface area contributed by atoms with Crippen LogP contribution in [0, 0.1) is 10.1 Å². The van der Waals surface area contributed by atoms with E-state index in [9.17, 15) is 19.7 Å². The lowest BCUT2D eigenvalue weighted by molar-refractivity contribution is -0.384. The zero-order chi connectivity index (χ0) is 15.4. The molecule has 110 valence electrons. The van der Waals surface area contributed by atoms with E-state index in [1.165, 1.54) is 7.05 Å². The van der Waals surface area contributed by atoms with Gasteiger partial charge in [0.05, 0.1) is 4.92 Å². The molecule has 20 heavy (non-hydrogen) atoms. The van der Waals surface area contributed by atoms with Crippen molar-refractivity contribution < 1.29 is 24.7 Å². The summed E-state index contributed by atoms with van der Waals surface area (Å²) in [5.74, 6) is -2.71. The van der Waals surface area contributed by atoms with Crippen LogP contribution in [0.2, 0.25) is 0 Å². The first-order chi connectivity index (χ1) is 9.27. The van der Waals surface area contributed by atoms with Crippen molar-refractivity contribution in [3.63, 3.8) is 0 Å². The summed E-state index contributed by atoms with van der Waals surface area (Å²) >= 11 is 0. The Labute approximate surface area is 113 Å². The summed E-state index contributed by atoms with van der Waals surface area (Å²) in [6.45, 7) is 0.323. The van der Waals surface area contributed by atoms with Crippen molar-refractivity contribution in [1.29, 1.82) is 0 Å². The van der Waals surface area contributed by atoms with Crippen LogP contribution in [0.4, 0.5) is 11.5 Å². The Bertz CT molecular complexity index is 536. The second-order valence-electron chi connectivity index (χ2n) is 4.00. The molecule has 0 bridgehead atoms. The van der Waals surface area contributed by atoms with Gasteiger partial charge in [-0.3, -0.25) is 19.7 Å². The molecule has 0 aliphatic heterocycles. The highest BCUT2D eigenvalue weighted by Crippen LogP contribution is 2.31. The van der Waals surface area contributed by atoms with E-state index in [2.05, 4.69) is 5.10 Å². The van der Waals surface area contributed by atoms with Crippen LogP contribution in [0.5, 0.6) is 0 Å². The summed E-state index contributed by atoms with van der Waals surface area (Å²) in [5.41, 5.74) is -0.189. The maximum Gasteiger partial charge on any atom is 0.334 e. The van der Waals surface area contributed by atoms with Gasteiger partial charge in [0.25, 0.3) is 0 Å². The molecule has 2 N–H and O–H groups in total. The Morgan fingerprint density at radius 2 is 1.85 bits per heavy atom. The number of anilines is 1. The van der Waals surface area contributed by atoms with Gasteiger partial charge in [0, 0.05) is 7.05 Å². The lowest BCUT2D eigenvalue weighted by Gasteiger charge is -2.19. The van der Waals surface area contributed by atoms with Gasteiger partial charge in [0.15, 0.2) is 0 Å². The van der Waals surface area contributed by atoms with Gasteiger partial charge in [0.1, 0.15) is 18.8 Å². The molecule has 10 nitrogen and oxygen atoms in total. The van der Waals surface area contributed by atoms with E-state index in [1.54, 1.807) is 6.92 Å². The number of aliphatic carboxylic acids is 2. The van der Waals surface area contributed by atoms with Crippen LogP contribution in [-0.2, 0) is 23.1 Å². The number of carboxylic acids is 2. The van der Waals surface area contributed by atoms with Gasteiger partial charge in [0.2, 0.25) is 5.82 Å². The first-order valence-electron chi connectivity index (χ1n) is 5.66. The fourth-order valence-corrected chi connectivity index (χ4v) is 1.87. The Balaban J connectivity index is 3.37. The maximum absolute atomic E-state index is 11.1. The fourth-order valence-electron chi connectivity index (χ4n) is 1.87. The quantitative estimate of drug-likeness (QED) is 0.521. The van der Waals surface area contributed by atoms with Gasteiger partial charge in [-0.15, -0.1) is 0 Å². The number of hydrogen-bond acceptors (Lipinski definition) is 6. The predicted molar refractivity (Wildman–Crippen MR) is 66.7 cm³/mol. The number of aromatic nitrogens is 2. The van der Waals surface area contributed by atoms with Crippen LogP contribution in [0.15, 0.2) is 0 Å². The molecule has 0 atom stereocenters. The second-order valence-corrected chi connectivity index (χ2v) is 4.00. The molecule has 0 fully saturated rings. The highest BCUT2D eigenvalue weighted by molar-refractivity contribution is 5.81. The Kier molecular flexibility index (Phi) is 4.62. The van der Waals surface area contributed by atoms with Crippen molar-refractivity contribution >= 4 is 23.4 Å². The first-order valence-corrected chi connectivity index (χ1v) is 5.66. The molecule has 0 radical (unpaired) electrons. The second kappa shape index (κ2) is 5.99. The van der Waals surface area contributed by atoms with Crippen LogP contribution < -0.4 is 4.90 Å². The molecule has 0 aromatic carbocycles. The summed E-state index contributed by atoms with van der Waals surface area (Å²) in [5, 5.41) is 32.7. The zero-order valence-electron chi connectivity index (χ0n) is 10.9. The Hall–Kier alpha value is -2.65. The van der Waals surface area contributed by atoms with E-state index >= 15 is 0 Å². The number of rotatable bonds is 7. The van der Waals surface area contributed by atoms with E-state index in [0.29, 0.717) is 0 Å². The lowest BCUT2D eigenvalue weighted by atomic mass is 10.3. The molecular weight excluding hydrogens is 272 g/mol. The van der Waals surface area contributed by atoms with Gasteiger partial charge < -0.3 is 15.1 Å². The summed E-state index contributed by atoms with van der Waals surface area (Å²) < 4.78 is 1.13. The smallest absolute Gasteiger partial charge is 0.334 e. The number of carbonyl (C=O) groups is 2. The van der Waals surface area contributed by atoms with Gasteiger partial charge in [-0.05, 0) is 6.42 Å². The molecule has 1 heterocycles. The molecular formula is C10H14N4O6. The van der Waals surface area contributed by atoms with Gasteiger partial charge in [-0.25, -0.2) is 4.68 Å². The summed E-state index contributed by atoms with van der Waals surface area (Å²) in [6, 6.07) is 0. The molecule has 10 heteroatoms. The van der Waals surface area contributed by atoms with Crippen molar-refractivity contribution in [2.75, 3.05) is 18.0 Å². The molecule has 0 aliphatic rings. The average Bonchev–Trinajstić information content (AvgIpc) is 2.63. The zero-order valence-corrected chi connectivity index (χ0v) is 10.9. The van der Waals surface area contributed by atoms with Gasteiger partial charge >= 0.3 is 17.6 Å². The van der Waals surface area contributed by atoms with Crippen LogP contribution >= 0.6 is 0 Å². The van der Waals surface area contributed by atoms with Crippen LogP contribution in [0.3, 0.4) is 0 Å². The van der Waals surface area contributed by atoms with Crippen molar-refractivity contribution in [2.45, 2.75) is 13.3 Å². The highest BCUT2D eigenvalue weighted by atomic mass is 16.6.